The number of oxime groups is 1. The summed E-state index contributed by atoms with van der Waals surface area (Å²) in [6.45, 7) is 20.9. The normalized spacial score (nSPS) is 35.6. The fourth-order valence-corrected chi connectivity index (χ4v) is 8.97. The van der Waals surface area contributed by atoms with Gasteiger partial charge in [0.1, 0.15) is 17.9 Å². The summed E-state index contributed by atoms with van der Waals surface area (Å²) in [5.41, 5.74) is -11.3. The zero-order chi connectivity index (χ0) is 42.1. The van der Waals surface area contributed by atoms with Crippen molar-refractivity contribution in [1.82, 2.24) is 5.32 Å². The first-order valence-corrected chi connectivity index (χ1v) is 19.0. The molecule has 0 aliphatic heterocycles. The van der Waals surface area contributed by atoms with Crippen LogP contribution in [0, 0.1) is 56.2 Å². The molecule has 0 spiro atoms. The van der Waals surface area contributed by atoms with Gasteiger partial charge in [0, 0.05) is 6.04 Å². The number of carbonyl (C=O) groups is 9. The van der Waals surface area contributed by atoms with E-state index in [-0.39, 0.29) is 18.2 Å². The van der Waals surface area contributed by atoms with Crippen LogP contribution in [0.1, 0.15) is 123 Å². The molecule has 0 heterocycles. The molecule has 3 rings (SSSR count). The fraction of sp³-hybridized carbons (Fsp3) is 0.756. The number of Topliss-reactive ketones (excluding diaryl/α,β-unsaturated/α-hetero) is 9. The summed E-state index contributed by atoms with van der Waals surface area (Å²) < 4.78 is 0. The molecule has 8 unspecified atom stereocenters. The second-order valence-electron chi connectivity index (χ2n) is 18.8. The standard InChI is InChI=1S/C41H60N2O11/c1-19(2)24(43-54)22-28(46)39(12,16-15-38(11)30(48)23(26(44)20(3)4)27(45)36(7,8)33(38)51)35(53)40(13,29(22)47)17-18-41(14)32(50)25(42-21(5)6)31(49)37(9,10)34(41)52/h19-23,25-26,42,44,54H,15-18H2,1-14H3/b43-24+. The van der Waals surface area contributed by atoms with E-state index in [4.69, 9.17) is 0 Å². The van der Waals surface area contributed by atoms with Crippen molar-refractivity contribution in [3.8, 4) is 0 Å². The molecule has 3 aliphatic carbocycles. The number of aliphatic hydroxyl groups excluding tert-OH is 1. The molecule has 0 saturated heterocycles. The molecule has 0 amide bonds. The van der Waals surface area contributed by atoms with E-state index in [2.05, 4.69) is 10.5 Å². The van der Waals surface area contributed by atoms with Crippen LogP contribution in [0.25, 0.3) is 0 Å². The minimum Gasteiger partial charge on any atom is -0.411 e. The van der Waals surface area contributed by atoms with Gasteiger partial charge in [0.15, 0.2) is 52.0 Å². The van der Waals surface area contributed by atoms with Gasteiger partial charge in [0.2, 0.25) is 0 Å². The van der Waals surface area contributed by atoms with E-state index in [1.165, 1.54) is 55.4 Å². The molecule has 0 bridgehead atoms. The second-order valence-corrected chi connectivity index (χ2v) is 18.8. The van der Waals surface area contributed by atoms with Crippen molar-refractivity contribution in [2.45, 2.75) is 141 Å². The summed E-state index contributed by atoms with van der Waals surface area (Å²) in [5.74, 6) is -11.3. The van der Waals surface area contributed by atoms with Crippen molar-refractivity contribution < 1.29 is 53.5 Å². The number of hydrogen-bond donors (Lipinski definition) is 3. The van der Waals surface area contributed by atoms with Gasteiger partial charge in [-0.1, -0.05) is 32.9 Å². The molecular weight excluding hydrogens is 696 g/mol. The Morgan fingerprint density at radius 2 is 0.944 bits per heavy atom. The first kappa shape index (κ1) is 44.8. The lowest BCUT2D eigenvalue weighted by Crippen LogP contribution is -2.66. The van der Waals surface area contributed by atoms with E-state index in [1.807, 2.05) is 0 Å². The summed E-state index contributed by atoms with van der Waals surface area (Å²) in [6.07, 6.45) is -2.95. The van der Waals surface area contributed by atoms with Crippen LogP contribution in [0.3, 0.4) is 0 Å². The monoisotopic (exact) mass is 756 g/mol. The molecule has 0 aromatic carbocycles. The topological polar surface area (TPSA) is 218 Å². The van der Waals surface area contributed by atoms with Crippen molar-refractivity contribution in [2.24, 2.45) is 61.3 Å². The third kappa shape index (κ3) is 6.60. The summed E-state index contributed by atoms with van der Waals surface area (Å²) >= 11 is 0. The third-order valence-corrected chi connectivity index (χ3v) is 12.9. The van der Waals surface area contributed by atoms with Gasteiger partial charge >= 0.3 is 0 Å². The zero-order valence-electron chi connectivity index (χ0n) is 34.4. The van der Waals surface area contributed by atoms with E-state index in [0.717, 1.165) is 0 Å². The highest BCUT2D eigenvalue weighted by Crippen LogP contribution is 2.53. The predicted molar refractivity (Wildman–Crippen MR) is 197 cm³/mol. The van der Waals surface area contributed by atoms with Gasteiger partial charge < -0.3 is 10.3 Å². The van der Waals surface area contributed by atoms with E-state index in [9.17, 15) is 53.5 Å². The molecule has 3 N–H and O–H groups in total. The van der Waals surface area contributed by atoms with Crippen LogP contribution < -0.4 is 5.32 Å². The molecule has 300 valence electrons. The minimum atomic E-state index is -2.06. The number of ketones is 9. The minimum absolute atomic E-state index is 0.207. The summed E-state index contributed by atoms with van der Waals surface area (Å²) in [6, 6.07) is -1.62. The number of aliphatic hydroxyl groups is 1. The van der Waals surface area contributed by atoms with Crippen LogP contribution in [0.2, 0.25) is 0 Å². The Labute approximate surface area is 318 Å². The Hall–Kier alpha value is -3.58. The number of carbonyl (C=O) groups excluding carboxylic acids is 9. The van der Waals surface area contributed by atoms with Crippen LogP contribution in [0.5, 0.6) is 0 Å². The van der Waals surface area contributed by atoms with Crippen LogP contribution in [-0.4, -0.2) is 86.3 Å². The molecular formula is C41H60N2O11. The van der Waals surface area contributed by atoms with Crippen molar-refractivity contribution in [1.29, 1.82) is 0 Å². The molecule has 0 radical (unpaired) electrons. The van der Waals surface area contributed by atoms with E-state index in [1.54, 1.807) is 41.5 Å². The maximum atomic E-state index is 14.9. The van der Waals surface area contributed by atoms with Crippen molar-refractivity contribution in [2.75, 3.05) is 0 Å². The Balaban J connectivity index is 2.17. The Morgan fingerprint density at radius 1 is 0.574 bits per heavy atom. The molecule has 0 aromatic rings. The first-order chi connectivity index (χ1) is 24.4. The summed E-state index contributed by atoms with van der Waals surface area (Å²) in [7, 11) is 0. The first-order valence-electron chi connectivity index (χ1n) is 19.0. The Kier molecular flexibility index (Phi) is 12.0. The maximum absolute atomic E-state index is 14.9. The van der Waals surface area contributed by atoms with E-state index >= 15 is 0 Å². The summed E-state index contributed by atoms with van der Waals surface area (Å²) in [5, 5.41) is 27.4. The molecule has 3 aliphatic rings. The molecule has 13 nitrogen and oxygen atoms in total. The highest BCUT2D eigenvalue weighted by molar-refractivity contribution is 6.36. The number of nitrogens with zero attached hydrogens (tertiary/aromatic N) is 1. The molecule has 0 aromatic heterocycles. The average Bonchev–Trinajstić information content (AvgIpc) is 3.09. The SMILES string of the molecule is CC(C)NC1C(=O)C(C)(C)C(=O)C(C)(CCC2(C)C(=O)C(/C(=N/O)C(C)C)C(=O)C(C)(CCC3(C)C(=O)C(C(O)C(C)C)C(=O)C(C)(C)C3=O)C2=O)C1=O. The van der Waals surface area contributed by atoms with E-state index in [0.29, 0.717) is 0 Å². The van der Waals surface area contributed by atoms with Gasteiger partial charge in [-0.05, 0) is 107 Å². The fourth-order valence-electron chi connectivity index (χ4n) is 8.97. The Morgan fingerprint density at radius 3 is 1.30 bits per heavy atom. The largest absolute Gasteiger partial charge is 0.411 e. The van der Waals surface area contributed by atoms with Crippen LogP contribution in [0.4, 0.5) is 0 Å². The molecule has 54 heavy (non-hydrogen) atoms. The number of hydrogen-bond acceptors (Lipinski definition) is 13. The quantitative estimate of drug-likeness (QED) is 0.112. The lowest BCUT2D eigenvalue weighted by Gasteiger charge is -2.48. The van der Waals surface area contributed by atoms with Gasteiger partial charge in [-0.15, -0.1) is 0 Å². The van der Waals surface area contributed by atoms with Gasteiger partial charge in [-0.25, -0.2) is 0 Å². The van der Waals surface area contributed by atoms with Gasteiger partial charge in [0.05, 0.1) is 44.3 Å². The lowest BCUT2D eigenvalue weighted by atomic mass is 9.50. The second kappa shape index (κ2) is 14.5. The predicted octanol–water partition coefficient (Wildman–Crippen LogP) is 3.89. The van der Waals surface area contributed by atoms with Crippen molar-refractivity contribution in [3.05, 3.63) is 0 Å². The van der Waals surface area contributed by atoms with Gasteiger partial charge in [-0.3, -0.25) is 48.5 Å². The highest BCUT2D eigenvalue weighted by atomic mass is 16.4. The van der Waals surface area contributed by atoms with Crippen LogP contribution in [0.15, 0.2) is 5.16 Å². The van der Waals surface area contributed by atoms with Crippen LogP contribution >= 0.6 is 0 Å². The number of nitrogens with one attached hydrogen (secondary N) is 1. The maximum Gasteiger partial charge on any atom is 0.170 e. The van der Waals surface area contributed by atoms with Gasteiger partial charge in [0.25, 0.3) is 0 Å². The summed E-state index contributed by atoms with van der Waals surface area (Å²) in [4.78, 5) is 127. The number of rotatable bonds is 12. The van der Waals surface area contributed by atoms with Crippen molar-refractivity contribution >= 4 is 57.8 Å². The third-order valence-electron chi connectivity index (χ3n) is 12.9. The molecule has 3 saturated carbocycles. The Bertz CT molecular complexity index is 1720. The van der Waals surface area contributed by atoms with Crippen molar-refractivity contribution in [3.63, 3.8) is 0 Å². The lowest BCUT2D eigenvalue weighted by molar-refractivity contribution is -0.169. The molecule has 3 fully saturated rings. The zero-order valence-corrected chi connectivity index (χ0v) is 34.4. The van der Waals surface area contributed by atoms with Gasteiger partial charge in [-0.2, -0.15) is 0 Å². The smallest absolute Gasteiger partial charge is 0.170 e. The van der Waals surface area contributed by atoms with E-state index < -0.39 is 140 Å². The van der Waals surface area contributed by atoms with Crippen LogP contribution in [-0.2, 0) is 43.2 Å². The average molecular weight is 757 g/mol. The molecule has 8 atom stereocenters. The highest BCUT2D eigenvalue weighted by Gasteiger charge is 2.67. The molecule has 13 heteroatoms.